The number of hydrogen-bond acceptors (Lipinski definition) is 6. The average molecular weight is 373 g/mol. The topological polar surface area (TPSA) is 81.7 Å². The number of methoxy groups -OCH3 is 2. The van der Waals surface area contributed by atoms with Crippen LogP contribution in [0.5, 0.6) is 0 Å². The lowest BCUT2D eigenvalue weighted by Gasteiger charge is -2.06. The highest BCUT2D eigenvalue weighted by atomic mass is 32.1. The molecule has 1 aromatic carbocycles. The molecular formula is C19H19NO5S. The summed E-state index contributed by atoms with van der Waals surface area (Å²) in [5.74, 6) is -1.28. The number of benzene rings is 1. The van der Waals surface area contributed by atoms with Crippen molar-refractivity contribution in [1.82, 2.24) is 0 Å². The number of carbonyl (C=O) groups excluding carboxylic acids is 3. The summed E-state index contributed by atoms with van der Waals surface area (Å²) in [6.45, 7) is 1.63. The van der Waals surface area contributed by atoms with Gasteiger partial charge in [-0.25, -0.2) is 9.59 Å². The van der Waals surface area contributed by atoms with Crippen LogP contribution in [0.3, 0.4) is 0 Å². The Hall–Kier alpha value is -2.67. The zero-order chi connectivity index (χ0) is 18.8. The van der Waals surface area contributed by atoms with Crippen molar-refractivity contribution in [3.8, 4) is 0 Å². The Balaban J connectivity index is 1.82. The normalized spacial score (nSPS) is 18.1. The van der Waals surface area contributed by atoms with Gasteiger partial charge in [-0.2, -0.15) is 0 Å². The smallest absolute Gasteiger partial charge is 0.348 e. The van der Waals surface area contributed by atoms with Crippen LogP contribution in [0.2, 0.25) is 0 Å². The number of nitrogens with one attached hydrogen (secondary N) is 1. The number of anilines is 1. The first-order chi connectivity index (χ1) is 12.5. The van der Waals surface area contributed by atoms with Gasteiger partial charge in [0.05, 0.1) is 19.8 Å². The summed E-state index contributed by atoms with van der Waals surface area (Å²) in [5, 5.41) is 3.12. The van der Waals surface area contributed by atoms with Crippen molar-refractivity contribution >= 4 is 34.2 Å². The molecule has 1 heterocycles. The summed E-state index contributed by atoms with van der Waals surface area (Å²) in [4.78, 5) is 36.9. The van der Waals surface area contributed by atoms with E-state index < -0.39 is 11.9 Å². The fourth-order valence-corrected chi connectivity index (χ4v) is 4.11. The van der Waals surface area contributed by atoms with E-state index in [4.69, 9.17) is 9.47 Å². The fraction of sp³-hybridized carbons (Fsp3) is 0.316. The molecule has 2 aromatic rings. The second-order valence-electron chi connectivity index (χ2n) is 6.09. The van der Waals surface area contributed by atoms with E-state index in [0.29, 0.717) is 10.6 Å². The number of esters is 2. The first-order valence-corrected chi connectivity index (χ1v) is 8.95. The van der Waals surface area contributed by atoms with E-state index in [9.17, 15) is 14.4 Å². The van der Waals surface area contributed by atoms with E-state index >= 15 is 0 Å². The van der Waals surface area contributed by atoms with Gasteiger partial charge in [0.2, 0.25) is 5.91 Å². The van der Waals surface area contributed by atoms with Crippen molar-refractivity contribution in [2.75, 3.05) is 19.5 Å². The van der Waals surface area contributed by atoms with Crippen LogP contribution < -0.4 is 5.32 Å². The molecule has 1 saturated carbocycles. The molecule has 3 rings (SSSR count). The highest BCUT2D eigenvalue weighted by molar-refractivity contribution is 7.18. The van der Waals surface area contributed by atoms with Crippen LogP contribution in [-0.4, -0.2) is 32.1 Å². The monoisotopic (exact) mass is 373 g/mol. The van der Waals surface area contributed by atoms with Crippen molar-refractivity contribution in [2.24, 2.45) is 5.92 Å². The standard InChI is InChI=1S/C19H19NO5S/c1-10-14(18(22)24-2)17(26-15(10)19(23)25-3)20-16(21)13-9-12(13)11-7-5-4-6-8-11/h4-8,12-13H,9H2,1-3H3,(H,20,21). The molecule has 2 atom stereocenters. The Labute approximate surface area is 155 Å². The zero-order valence-electron chi connectivity index (χ0n) is 14.7. The number of amides is 1. The second-order valence-corrected chi connectivity index (χ2v) is 7.11. The van der Waals surface area contributed by atoms with E-state index in [0.717, 1.165) is 23.3 Å². The first kappa shape index (κ1) is 18.1. The highest BCUT2D eigenvalue weighted by Gasteiger charge is 2.44. The SMILES string of the molecule is COC(=O)c1sc(NC(=O)C2CC2c2ccccc2)c(C(=O)OC)c1C. The Kier molecular flexibility index (Phi) is 5.08. The number of ether oxygens (including phenoxy) is 2. The Bertz CT molecular complexity index is 858. The lowest BCUT2D eigenvalue weighted by atomic mass is 10.1. The van der Waals surface area contributed by atoms with Gasteiger partial charge < -0.3 is 14.8 Å². The van der Waals surface area contributed by atoms with Gasteiger partial charge in [-0.15, -0.1) is 11.3 Å². The van der Waals surface area contributed by atoms with Crippen molar-refractivity contribution in [3.05, 3.63) is 51.9 Å². The lowest BCUT2D eigenvalue weighted by molar-refractivity contribution is -0.117. The molecule has 0 radical (unpaired) electrons. The molecule has 0 aliphatic heterocycles. The van der Waals surface area contributed by atoms with E-state index in [-0.39, 0.29) is 28.2 Å². The third-order valence-corrected chi connectivity index (χ3v) is 5.69. The van der Waals surface area contributed by atoms with E-state index in [2.05, 4.69) is 5.32 Å². The zero-order valence-corrected chi connectivity index (χ0v) is 15.5. The fourth-order valence-electron chi connectivity index (χ4n) is 2.99. The molecular weight excluding hydrogens is 354 g/mol. The molecule has 7 heteroatoms. The van der Waals surface area contributed by atoms with E-state index in [1.807, 2.05) is 30.3 Å². The molecule has 136 valence electrons. The Morgan fingerprint density at radius 1 is 1.08 bits per heavy atom. The van der Waals surface area contributed by atoms with Crippen molar-refractivity contribution < 1.29 is 23.9 Å². The molecule has 1 aliphatic rings. The quantitative estimate of drug-likeness (QED) is 0.813. The second kappa shape index (κ2) is 7.29. The van der Waals surface area contributed by atoms with Gasteiger partial charge in [0.25, 0.3) is 0 Å². The Morgan fingerprint density at radius 2 is 1.73 bits per heavy atom. The average Bonchev–Trinajstić information content (AvgIpc) is 3.40. The summed E-state index contributed by atoms with van der Waals surface area (Å²) >= 11 is 1.03. The van der Waals surface area contributed by atoms with Gasteiger partial charge in [0.15, 0.2) is 0 Å². The van der Waals surface area contributed by atoms with Crippen LogP contribution in [-0.2, 0) is 14.3 Å². The van der Waals surface area contributed by atoms with Crippen molar-refractivity contribution in [3.63, 3.8) is 0 Å². The molecule has 26 heavy (non-hydrogen) atoms. The van der Waals surface area contributed by atoms with Crippen LogP contribution in [0.1, 0.15) is 43.5 Å². The summed E-state index contributed by atoms with van der Waals surface area (Å²) in [6, 6.07) is 9.84. The highest BCUT2D eigenvalue weighted by Crippen LogP contribution is 2.48. The predicted octanol–water partition coefficient (Wildman–Crippen LogP) is 3.37. The van der Waals surface area contributed by atoms with Crippen LogP contribution >= 0.6 is 11.3 Å². The summed E-state index contributed by atoms with van der Waals surface area (Å²) < 4.78 is 9.54. The van der Waals surface area contributed by atoms with E-state index in [1.54, 1.807) is 6.92 Å². The van der Waals surface area contributed by atoms with Gasteiger partial charge in [0, 0.05) is 5.92 Å². The minimum atomic E-state index is -0.598. The predicted molar refractivity (Wildman–Crippen MR) is 97.7 cm³/mol. The van der Waals surface area contributed by atoms with Gasteiger partial charge >= 0.3 is 11.9 Å². The summed E-state index contributed by atoms with van der Waals surface area (Å²) in [5.41, 5.74) is 1.76. The van der Waals surface area contributed by atoms with Gasteiger partial charge in [0.1, 0.15) is 9.88 Å². The largest absolute Gasteiger partial charge is 0.465 e. The molecule has 1 amide bonds. The molecule has 6 nitrogen and oxygen atoms in total. The van der Waals surface area contributed by atoms with Crippen LogP contribution in [0.4, 0.5) is 5.00 Å². The summed E-state index contributed by atoms with van der Waals surface area (Å²) in [6.07, 6.45) is 0.762. The minimum absolute atomic E-state index is 0.146. The first-order valence-electron chi connectivity index (χ1n) is 8.13. The molecule has 1 N–H and O–H groups in total. The molecule has 0 saturated heterocycles. The molecule has 0 spiro atoms. The lowest BCUT2D eigenvalue weighted by Crippen LogP contribution is -2.16. The number of thiophene rings is 1. The minimum Gasteiger partial charge on any atom is -0.465 e. The maximum Gasteiger partial charge on any atom is 0.348 e. The third-order valence-electron chi connectivity index (χ3n) is 4.50. The van der Waals surface area contributed by atoms with Crippen LogP contribution in [0.25, 0.3) is 0 Å². The molecule has 1 aromatic heterocycles. The molecule has 2 unspecified atom stereocenters. The van der Waals surface area contributed by atoms with Crippen LogP contribution in [0.15, 0.2) is 30.3 Å². The van der Waals surface area contributed by atoms with Crippen molar-refractivity contribution in [1.29, 1.82) is 0 Å². The maximum atomic E-state index is 12.6. The third kappa shape index (κ3) is 3.35. The molecule has 1 fully saturated rings. The maximum absolute atomic E-state index is 12.6. The molecule has 0 bridgehead atoms. The van der Waals surface area contributed by atoms with Gasteiger partial charge in [-0.3, -0.25) is 4.79 Å². The van der Waals surface area contributed by atoms with Crippen molar-refractivity contribution in [2.45, 2.75) is 19.3 Å². The Morgan fingerprint density at radius 3 is 2.35 bits per heavy atom. The van der Waals surface area contributed by atoms with E-state index in [1.165, 1.54) is 14.2 Å². The molecule has 1 aliphatic carbocycles. The van der Waals surface area contributed by atoms with Gasteiger partial charge in [-0.05, 0) is 30.4 Å². The van der Waals surface area contributed by atoms with Crippen LogP contribution in [0, 0.1) is 12.8 Å². The number of rotatable bonds is 5. The number of carbonyl (C=O) groups is 3. The van der Waals surface area contributed by atoms with Gasteiger partial charge in [-0.1, -0.05) is 30.3 Å². The number of hydrogen-bond donors (Lipinski definition) is 1. The summed E-state index contributed by atoms with van der Waals surface area (Å²) in [7, 11) is 2.53.